The highest BCUT2D eigenvalue weighted by Gasteiger charge is 2.27. The summed E-state index contributed by atoms with van der Waals surface area (Å²) in [7, 11) is 1.67. The number of ether oxygens (including phenoxy) is 1. The minimum Gasteiger partial charge on any atom is -0.481 e. The second kappa shape index (κ2) is 9.01. The molecule has 0 radical (unpaired) electrons. The number of rotatable bonds is 5. The van der Waals surface area contributed by atoms with E-state index in [9.17, 15) is 0 Å². The molecule has 2 aromatic heterocycles. The lowest BCUT2D eigenvalue weighted by Crippen LogP contribution is -2.46. The third-order valence-corrected chi connectivity index (χ3v) is 7.34. The summed E-state index contributed by atoms with van der Waals surface area (Å²) in [6.45, 7) is 7.08. The van der Waals surface area contributed by atoms with Crippen molar-refractivity contribution in [2.24, 2.45) is 0 Å². The number of nitrogens with one attached hydrogen (secondary N) is 2. The molecule has 5 nitrogen and oxygen atoms in total. The Hall–Kier alpha value is -2.37. The molecule has 2 saturated heterocycles. The van der Waals surface area contributed by atoms with Gasteiger partial charge in [-0.05, 0) is 93.5 Å². The van der Waals surface area contributed by atoms with Crippen LogP contribution in [0.25, 0.3) is 22.2 Å². The van der Waals surface area contributed by atoms with Crippen LogP contribution in [-0.2, 0) is 6.42 Å². The summed E-state index contributed by atoms with van der Waals surface area (Å²) in [5, 5.41) is 4.86. The van der Waals surface area contributed by atoms with Crippen LogP contribution in [0.2, 0.25) is 0 Å². The van der Waals surface area contributed by atoms with Gasteiger partial charge in [0.05, 0.1) is 7.11 Å². The summed E-state index contributed by atoms with van der Waals surface area (Å²) >= 11 is 0. The largest absolute Gasteiger partial charge is 0.481 e. The molecule has 31 heavy (non-hydrogen) atoms. The van der Waals surface area contributed by atoms with Crippen molar-refractivity contribution in [3.05, 3.63) is 47.7 Å². The van der Waals surface area contributed by atoms with E-state index in [0.717, 1.165) is 18.0 Å². The van der Waals surface area contributed by atoms with Gasteiger partial charge in [0.25, 0.3) is 0 Å². The third kappa shape index (κ3) is 4.09. The van der Waals surface area contributed by atoms with Crippen molar-refractivity contribution >= 4 is 10.9 Å². The standard InChI is InChI=1S/C26H34N4O/c1-3-22-23-16-19(18-9-14-30(15-10-18)21-7-11-27-12-8-21)4-5-24(23)29-26(22)20-6-13-28-25(17-20)31-2/h4-6,13,16-18,21,27,29H,3,7-12,14-15H2,1-2H3. The molecule has 2 aliphatic rings. The Bertz CT molecular complexity index is 1030. The Morgan fingerprint density at radius 1 is 1.06 bits per heavy atom. The number of pyridine rings is 1. The van der Waals surface area contributed by atoms with Gasteiger partial charge in [-0.2, -0.15) is 0 Å². The zero-order valence-corrected chi connectivity index (χ0v) is 18.8. The van der Waals surface area contributed by atoms with Crippen molar-refractivity contribution < 1.29 is 4.74 Å². The minimum absolute atomic E-state index is 0.652. The summed E-state index contributed by atoms with van der Waals surface area (Å²) < 4.78 is 5.34. The molecule has 0 bridgehead atoms. The van der Waals surface area contributed by atoms with Crippen LogP contribution < -0.4 is 10.1 Å². The van der Waals surface area contributed by atoms with Crippen molar-refractivity contribution in [3.63, 3.8) is 0 Å². The maximum atomic E-state index is 5.34. The molecule has 0 unspecified atom stereocenters. The van der Waals surface area contributed by atoms with Crippen molar-refractivity contribution in [1.29, 1.82) is 0 Å². The normalized spacial score (nSPS) is 19.2. The molecule has 4 heterocycles. The number of benzene rings is 1. The predicted octanol–water partition coefficient (Wildman–Crippen LogP) is 4.73. The first-order valence-electron chi connectivity index (χ1n) is 11.9. The number of piperidine rings is 2. The van der Waals surface area contributed by atoms with Gasteiger partial charge in [-0.3, -0.25) is 0 Å². The highest BCUT2D eigenvalue weighted by molar-refractivity contribution is 5.91. The number of fused-ring (bicyclic) bond motifs is 1. The van der Waals surface area contributed by atoms with Crippen molar-refractivity contribution in [2.45, 2.75) is 51.0 Å². The number of aromatic amines is 1. The fourth-order valence-corrected chi connectivity index (χ4v) is 5.58. The van der Waals surface area contributed by atoms with Crippen LogP contribution in [0, 0.1) is 0 Å². The molecular weight excluding hydrogens is 384 g/mol. The minimum atomic E-state index is 0.652. The van der Waals surface area contributed by atoms with Crippen LogP contribution in [0.3, 0.4) is 0 Å². The van der Waals surface area contributed by atoms with E-state index in [1.165, 1.54) is 79.6 Å². The van der Waals surface area contributed by atoms with Crippen LogP contribution in [0.1, 0.15) is 49.7 Å². The Balaban J connectivity index is 1.39. The summed E-state index contributed by atoms with van der Waals surface area (Å²) in [5.74, 6) is 1.32. The van der Waals surface area contributed by atoms with Gasteiger partial charge in [-0.25, -0.2) is 4.98 Å². The molecule has 164 valence electrons. The van der Waals surface area contributed by atoms with Crippen LogP contribution in [0.4, 0.5) is 0 Å². The van der Waals surface area contributed by atoms with Gasteiger partial charge in [0.15, 0.2) is 0 Å². The van der Waals surface area contributed by atoms with Crippen molar-refractivity contribution in [3.8, 4) is 17.1 Å². The Morgan fingerprint density at radius 2 is 1.87 bits per heavy atom. The third-order valence-electron chi connectivity index (χ3n) is 7.34. The van der Waals surface area contributed by atoms with Crippen molar-refractivity contribution in [2.75, 3.05) is 33.3 Å². The molecule has 5 rings (SSSR count). The van der Waals surface area contributed by atoms with Crippen LogP contribution in [0.15, 0.2) is 36.5 Å². The van der Waals surface area contributed by atoms with Gasteiger partial charge >= 0.3 is 0 Å². The lowest BCUT2D eigenvalue weighted by atomic mass is 9.87. The molecular formula is C26H34N4O. The van der Waals surface area contributed by atoms with E-state index in [0.29, 0.717) is 11.8 Å². The molecule has 0 spiro atoms. The SMILES string of the molecule is CCc1c(-c2ccnc(OC)c2)[nH]c2ccc(C3CCN(C4CCNCC4)CC3)cc12. The summed E-state index contributed by atoms with van der Waals surface area (Å²) in [6, 6.07) is 12.0. The number of aromatic nitrogens is 2. The number of nitrogens with zero attached hydrogens (tertiary/aromatic N) is 2. The first kappa shape index (κ1) is 20.5. The average Bonchev–Trinajstić information content (AvgIpc) is 3.22. The number of methoxy groups -OCH3 is 1. The van der Waals surface area contributed by atoms with Gasteiger partial charge in [0.1, 0.15) is 0 Å². The molecule has 0 saturated carbocycles. The summed E-state index contributed by atoms with van der Waals surface area (Å²) in [5.41, 5.74) is 6.44. The van der Waals surface area contributed by atoms with E-state index in [1.54, 1.807) is 7.11 Å². The highest BCUT2D eigenvalue weighted by atomic mass is 16.5. The number of H-pyrrole nitrogens is 1. The van der Waals surface area contributed by atoms with E-state index in [1.807, 2.05) is 12.3 Å². The fourth-order valence-electron chi connectivity index (χ4n) is 5.58. The zero-order valence-electron chi connectivity index (χ0n) is 18.8. The molecule has 0 atom stereocenters. The fraction of sp³-hybridized carbons (Fsp3) is 0.500. The number of hydrogen-bond acceptors (Lipinski definition) is 4. The predicted molar refractivity (Wildman–Crippen MR) is 127 cm³/mol. The maximum absolute atomic E-state index is 5.34. The second-order valence-corrected chi connectivity index (χ2v) is 9.02. The van der Waals surface area contributed by atoms with Crippen LogP contribution >= 0.6 is 0 Å². The lowest BCUT2D eigenvalue weighted by Gasteiger charge is -2.39. The van der Waals surface area contributed by atoms with Crippen LogP contribution in [0.5, 0.6) is 5.88 Å². The molecule has 5 heteroatoms. The summed E-state index contributed by atoms with van der Waals surface area (Å²) in [6.07, 6.45) is 7.98. The Labute approximate surface area is 185 Å². The van der Waals surface area contributed by atoms with Crippen LogP contribution in [-0.4, -0.2) is 54.2 Å². The van der Waals surface area contributed by atoms with Gasteiger partial charge in [-0.15, -0.1) is 0 Å². The molecule has 2 fully saturated rings. The lowest BCUT2D eigenvalue weighted by molar-refractivity contribution is 0.127. The molecule has 2 aliphatic heterocycles. The maximum Gasteiger partial charge on any atom is 0.213 e. The first-order valence-corrected chi connectivity index (χ1v) is 11.9. The monoisotopic (exact) mass is 418 g/mol. The topological polar surface area (TPSA) is 53.2 Å². The van der Waals surface area contributed by atoms with E-state index < -0.39 is 0 Å². The van der Waals surface area contributed by atoms with Crippen molar-refractivity contribution in [1.82, 2.24) is 20.2 Å². The number of likely N-dealkylation sites (tertiary alicyclic amines) is 1. The van der Waals surface area contributed by atoms with E-state index >= 15 is 0 Å². The smallest absolute Gasteiger partial charge is 0.213 e. The zero-order chi connectivity index (χ0) is 21.2. The van der Waals surface area contributed by atoms with Gasteiger partial charge in [0.2, 0.25) is 5.88 Å². The highest BCUT2D eigenvalue weighted by Crippen LogP contribution is 2.36. The molecule has 3 aromatic rings. The second-order valence-electron chi connectivity index (χ2n) is 9.02. The molecule has 0 amide bonds. The average molecular weight is 419 g/mol. The van der Waals surface area contributed by atoms with Gasteiger partial charge in [-0.1, -0.05) is 13.0 Å². The summed E-state index contributed by atoms with van der Waals surface area (Å²) in [4.78, 5) is 10.7. The van der Waals surface area contributed by atoms with Gasteiger partial charge < -0.3 is 19.9 Å². The first-order chi connectivity index (χ1) is 15.3. The van der Waals surface area contributed by atoms with E-state index in [4.69, 9.17) is 4.74 Å². The molecule has 0 aliphatic carbocycles. The Morgan fingerprint density at radius 3 is 2.61 bits per heavy atom. The molecule has 2 N–H and O–H groups in total. The number of aryl methyl sites for hydroxylation is 1. The molecule has 1 aromatic carbocycles. The Kier molecular flexibility index (Phi) is 5.97. The van der Waals surface area contributed by atoms with E-state index in [2.05, 4.69) is 51.4 Å². The quantitative estimate of drug-likeness (QED) is 0.629. The number of hydrogen-bond donors (Lipinski definition) is 2. The van der Waals surface area contributed by atoms with E-state index in [-0.39, 0.29) is 0 Å². The van der Waals surface area contributed by atoms with Gasteiger partial charge in [0, 0.05) is 40.5 Å².